The highest BCUT2D eigenvalue weighted by Gasteiger charge is 2.18. The summed E-state index contributed by atoms with van der Waals surface area (Å²) in [5, 5.41) is 10.2. The Morgan fingerprint density at radius 3 is 1.72 bits per heavy atom. The van der Waals surface area contributed by atoms with E-state index < -0.39 is 0 Å². The third-order valence-electron chi connectivity index (χ3n) is 8.94. The molecule has 200 valence electrons. The fourth-order valence-corrected chi connectivity index (χ4v) is 7.05. The van der Waals surface area contributed by atoms with Crippen molar-refractivity contribution in [3.8, 4) is 27.9 Å². The van der Waals surface area contributed by atoms with Gasteiger partial charge in [-0.25, -0.2) is 0 Å². The van der Waals surface area contributed by atoms with Crippen molar-refractivity contribution in [1.29, 1.82) is 0 Å². The summed E-state index contributed by atoms with van der Waals surface area (Å²) < 4.78 is 2.47. The number of fused-ring (bicyclic) bond motifs is 8. The van der Waals surface area contributed by atoms with Crippen molar-refractivity contribution >= 4 is 54.1 Å². The maximum Gasteiger partial charge on any atom is 0.0619 e. The lowest BCUT2D eigenvalue weighted by molar-refractivity contribution is 1.19. The van der Waals surface area contributed by atoms with E-state index in [9.17, 15) is 0 Å². The molecule has 0 saturated heterocycles. The van der Waals surface area contributed by atoms with Crippen LogP contribution < -0.4 is 0 Å². The maximum atomic E-state index is 2.47. The molecule has 8 aromatic carbocycles. The molecule has 1 aromatic heterocycles. The first-order valence-corrected chi connectivity index (χ1v) is 14.9. The normalized spacial score (nSPS) is 11.7. The second-order valence-corrected chi connectivity index (χ2v) is 11.3. The zero-order valence-electron chi connectivity index (χ0n) is 23.5. The Kier molecular flexibility index (Phi) is 5.27. The van der Waals surface area contributed by atoms with Gasteiger partial charge in [-0.15, -0.1) is 0 Å². The van der Waals surface area contributed by atoms with Gasteiger partial charge < -0.3 is 4.57 Å². The summed E-state index contributed by atoms with van der Waals surface area (Å²) in [4.78, 5) is 0. The summed E-state index contributed by atoms with van der Waals surface area (Å²) in [5.74, 6) is 0. The summed E-state index contributed by atoms with van der Waals surface area (Å²) in [6.45, 7) is 0. The van der Waals surface area contributed by atoms with Crippen LogP contribution >= 0.6 is 0 Å². The summed E-state index contributed by atoms with van der Waals surface area (Å²) in [6, 6.07) is 59.7. The molecular weight excluding hydrogens is 518 g/mol. The van der Waals surface area contributed by atoms with Crippen LogP contribution in [0, 0.1) is 0 Å². The number of rotatable bonds is 3. The molecule has 1 heteroatoms. The molecule has 0 aliphatic rings. The molecule has 0 radical (unpaired) electrons. The average Bonchev–Trinajstić information content (AvgIpc) is 3.42. The van der Waals surface area contributed by atoms with Gasteiger partial charge in [-0.3, -0.25) is 0 Å². The van der Waals surface area contributed by atoms with Crippen molar-refractivity contribution in [2.75, 3.05) is 0 Å². The van der Waals surface area contributed by atoms with Crippen molar-refractivity contribution in [1.82, 2.24) is 4.57 Å². The van der Waals surface area contributed by atoms with Gasteiger partial charge in [-0.1, -0.05) is 133 Å². The second-order valence-electron chi connectivity index (χ2n) is 11.3. The fourth-order valence-electron chi connectivity index (χ4n) is 7.05. The van der Waals surface area contributed by atoms with Crippen LogP contribution in [-0.2, 0) is 0 Å². The molecule has 1 heterocycles. The molecule has 1 nitrogen and oxygen atoms in total. The van der Waals surface area contributed by atoms with Gasteiger partial charge in [0.2, 0.25) is 0 Å². The molecule has 9 aromatic rings. The van der Waals surface area contributed by atoms with Gasteiger partial charge in [0.15, 0.2) is 0 Å². The fraction of sp³-hybridized carbons (Fsp3) is 0. The Balaban J connectivity index is 1.36. The zero-order valence-corrected chi connectivity index (χ0v) is 23.5. The molecule has 0 amide bonds. The third kappa shape index (κ3) is 3.65. The highest BCUT2D eigenvalue weighted by molar-refractivity contribution is 6.22. The summed E-state index contributed by atoms with van der Waals surface area (Å²) in [6.07, 6.45) is 0. The van der Waals surface area contributed by atoms with Crippen LogP contribution in [0.1, 0.15) is 0 Å². The molecule has 43 heavy (non-hydrogen) atoms. The molecule has 0 bridgehead atoms. The van der Waals surface area contributed by atoms with Crippen LogP contribution in [0.3, 0.4) is 0 Å². The van der Waals surface area contributed by atoms with Crippen molar-refractivity contribution in [3.05, 3.63) is 164 Å². The maximum absolute atomic E-state index is 2.47. The van der Waals surface area contributed by atoms with Crippen LogP contribution in [-0.4, -0.2) is 4.57 Å². The van der Waals surface area contributed by atoms with E-state index in [0.29, 0.717) is 0 Å². The lowest BCUT2D eigenvalue weighted by Crippen LogP contribution is -1.96. The van der Waals surface area contributed by atoms with Gasteiger partial charge >= 0.3 is 0 Å². The highest BCUT2D eigenvalue weighted by Crippen LogP contribution is 2.42. The molecule has 0 spiro atoms. The van der Waals surface area contributed by atoms with Crippen molar-refractivity contribution in [2.45, 2.75) is 0 Å². The molecule has 0 unspecified atom stereocenters. The number of nitrogens with zero attached hydrogens (tertiary/aromatic N) is 1. The lowest BCUT2D eigenvalue weighted by Gasteiger charge is -2.15. The Labute approximate surface area is 249 Å². The average molecular weight is 546 g/mol. The number of hydrogen-bond acceptors (Lipinski definition) is 0. The lowest BCUT2D eigenvalue weighted by atomic mass is 9.93. The molecule has 0 atom stereocenters. The van der Waals surface area contributed by atoms with Gasteiger partial charge in [0.25, 0.3) is 0 Å². The zero-order chi connectivity index (χ0) is 28.3. The monoisotopic (exact) mass is 545 g/mol. The topological polar surface area (TPSA) is 4.93 Å². The number of hydrogen-bond donors (Lipinski definition) is 0. The molecule has 0 N–H and O–H groups in total. The van der Waals surface area contributed by atoms with Crippen LogP contribution in [0.25, 0.3) is 82.1 Å². The van der Waals surface area contributed by atoms with Crippen molar-refractivity contribution in [3.63, 3.8) is 0 Å². The summed E-state index contributed by atoms with van der Waals surface area (Å²) in [5.41, 5.74) is 8.61. The van der Waals surface area contributed by atoms with E-state index >= 15 is 0 Å². The Bertz CT molecular complexity index is 2500. The van der Waals surface area contributed by atoms with Gasteiger partial charge in [0, 0.05) is 21.8 Å². The molecule has 9 rings (SSSR count). The minimum absolute atomic E-state index is 1.17. The predicted molar refractivity (Wildman–Crippen MR) is 184 cm³/mol. The first-order chi connectivity index (χ1) is 21.3. The van der Waals surface area contributed by atoms with E-state index in [1.54, 1.807) is 0 Å². The minimum atomic E-state index is 1.17. The van der Waals surface area contributed by atoms with Crippen LogP contribution in [0.5, 0.6) is 0 Å². The second kappa shape index (κ2) is 9.44. The first-order valence-electron chi connectivity index (χ1n) is 14.9. The summed E-state index contributed by atoms with van der Waals surface area (Å²) >= 11 is 0. The Morgan fingerprint density at radius 2 is 0.907 bits per heavy atom. The summed E-state index contributed by atoms with van der Waals surface area (Å²) in [7, 11) is 0. The minimum Gasteiger partial charge on any atom is -0.309 e. The van der Waals surface area contributed by atoms with E-state index in [2.05, 4.69) is 168 Å². The van der Waals surface area contributed by atoms with Crippen LogP contribution in [0.15, 0.2) is 164 Å². The standard InChI is InChI=1S/C42H27N/c1-2-13-28(14-3-1)39-27-40-36-22-10-11-24-41(36)43(42(40)37-23-9-8-21-35(37)39)31-17-12-16-29(25-31)38-26-30-15-4-5-18-32(30)33-19-6-7-20-34(33)38/h1-27H. The van der Waals surface area contributed by atoms with Crippen molar-refractivity contribution < 1.29 is 0 Å². The SMILES string of the molecule is c1ccc(-c2cc3c4ccccc4n(-c4cccc(-c5cc6ccccc6c6ccccc56)c4)c3c3ccccc23)cc1. The third-order valence-corrected chi connectivity index (χ3v) is 8.94. The van der Waals surface area contributed by atoms with Gasteiger partial charge in [-0.05, 0) is 79.5 Å². The molecule has 0 aliphatic carbocycles. The smallest absolute Gasteiger partial charge is 0.0619 e. The quantitative estimate of drug-likeness (QED) is 0.195. The van der Waals surface area contributed by atoms with E-state index in [1.165, 1.54) is 82.1 Å². The van der Waals surface area contributed by atoms with E-state index in [-0.39, 0.29) is 0 Å². The van der Waals surface area contributed by atoms with Gasteiger partial charge in [0.05, 0.1) is 11.0 Å². The first kappa shape index (κ1) is 24.0. The van der Waals surface area contributed by atoms with Gasteiger partial charge in [-0.2, -0.15) is 0 Å². The van der Waals surface area contributed by atoms with E-state index in [1.807, 2.05) is 0 Å². The van der Waals surface area contributed by atoms with E-state index in [0.717, 1.165) is 0 Å². The van der Waals surface area contributed by atoms with Crippen LogP contribution in [0.4, 0.5) is 0 Å². The Hall–Kier alpha value is -5.66. The number of aromatic nitrogens is 1. The predicted octanol–water partition coefficient (Wildman–Crippen LogP) is 11.6. The number of para-hydroxylation sites is 1. The molecule has 0 aliphatic heterocycles. The molecule has 0 fully saturated rings. The van der Waals surface area contributed by atoms with Crippen LogP contribution in [0.2, 0.25) is 0 Å². The molecular formula is C42H27N. The largest absolute Gasteiger partial charge is 0.309 e. The molecule has 0 saturated carbocycles. The Morgan fingerprint density at radius 1 is 0.326 bits per heavy atom. The highest BCUT2D eigenvalue weighted by atomic mass is 15.0. The van der Waals surface area contributed by atoms with Crippen molar-refractivity contribution in [2.24, 2.45) is 0 Å². The van der Waals surface area contributed by atoms with E-state index in [4.69, 9.17) is 0 Å². The van der Waals surface area contributed by atoms with Gasteiger partial charge in [0.1, 0.15) is 0 Å². The number of benzene rings is 8.